The molecule has 0 spiro atoms. The molecule has 1 aliphatic rings. The first kappa shape index (κ1) is 14.1. The van der Waals surface area contributed by atoms with Crippen LogP contribution in [0.1, 0.15) is 32.7 Å². The minimum Gasteiger partial charge on any atom is -0.400 e. The van der Waals surface area contributed by atoms with Gasteiger partial charge in [0.25, 0.3) is 0 Å². The Labute approximate surface area is 117 Å². The smallest absolute Gasteiger partial charge is 0.400 e. The fourth-order valence-corrected chi connectivity index (χ4v) is 2.88. The van der Waals surface area contributed by atoms with Gasteiger partial charge in [-0.3, -0.25) is 0 Å². The lowest BCUT2D eigenvalue weighted by molar-refractivity contribution is 0.00578. The molecule has 0 N–H and O–H groups in total. The van der Waals surface area contributed by atoms with Crippen molar-refractivity contribution in [3.63, 3.8) is 0 Å². The van der Waals surface area contributed by atoms with Crippen molar-refractivity contribution in [2.45, 2.75) is 43.1 Å². The highest BCUT2D eigenvalue weighted by Crippen LogP contribution is 2.37. The van der Waals surface area contributed by atoms with Crippen LogP contribution in [-0.4, -0.2) is 29.6 Å². The van der Waals surface area contributed by atoms with Crippen molar-refractivity contribution in [2.24, 2.45) is 0 Å². The molecule has 0 aromatic carbocycles. The summed E-state index contributed by atoms with van der Waals surface area (Å²) in [6.07, 6.45) is 5.90. The normalized spacial score (nSPS) is 21.9. The predicted octanol–water partition coefficient (Wildman–Crippen LogP) is 3.51. The lowest BCUT2D eigenvalue weighted by atomic mass is 9.90. The maximum absolute atomic E-state index is 5.88. The van der Waals surface area contributed by atoms with Gasteiger partial charge in [-0.2, -0.15) is 0 Å². The van der Waals surface area contributed by atoms with Crippen LogP contribution in [0.15, 0.2) is 16.4 Å². The summed E-state index contributed by atoms with van der Waals surface area (Å²) in [5.41, 5.74) is -0.565. The van der Waals surface area contributed by atoms with Gasteiger partial charge < -0.3 is 9.31 Å². The molecular formula is C12H18BNO2S2. The van der Waals surface area contributed by atoms with Gasteiger partial charge in [0.15, 0.2) is 0 Å². The van der Waals surface area contributed by atoms with Crippen molar-refractivity contribution >= 4 is 36.3 Å². The first-order chi connectivity index (χ1) is 8.34. The third-order valence-corrected chi connectivity index (χ3v) is 5.39. The number of thiazole rings is 1. The summed E-state index contributed by atoms with van der Waals surface area (Å²) in [5.74, 6) is 1.93. The Kier molecular flexibility index (Phi) is 3.92. The van der Waals surface area contributed by atoms with E-state index in [1.807, 2.05) is 18.2 Å². The first-order valence-corrected chi connectivity index (χ1v) is 7.92. The van der Waals surface area contributed by atoms with Gasteiger partial charge >= 0.3 is 7.12 Å². The third kappa shape index (κ3) is 2.82. The fraction of sp³-hybridized carbons (Fsp3) is 0.583. The maximum Gasteiger partial charge on any atom is 0.487 e. The van der Waals surface area contributed by atoms with Crippen LogP contribution in [0, 0.1) is 0 Å². The number of hydrogen-bond acceptors (Lipinski definition) is 5. The molecular weight excluding hydrogens is 265 g/mol. The molecule has 0 atom stereocenters. The van der Waals surface area contributed by atoms with Gasteiger partial charge in [-0.05, 0) is 40.0 Å². The standard InChI is InChI=1S/C12H18BNO2S2/c1-11(2)12(3,4)16-13(15-11)7-6-9-14-8-10(17-5)18-9/h6-8H,1-5H3/b7-6+. The monoisotopic (exact) mass is 283 g/mol. The van der Waals surface area contributed by atoms with E-state index in [-0.39, 0.29) is 18.3 Å². The quantitative estimate of drug-likeness (QED) is 0.627. The average Bonchev–Trinajstić information content (AvgIpc) is 2.79. The highest BCUT2D eigenvalue weighted by molar-refractivity contribution is 8.00. The Morgan fingerprint density at radius 2 is 1.89 bits per heavy atom. The summed E-state index contributed by atoms with van der Waals surface area (Å²) in [6, 6.07) is 0. The molecule has 2 rings (SSSR count). The largest absolute Gasteiger partial charge is 0.487 e. The summed E-state index contributed by atoms with van der Waals surface area (Å²) < 4.78 is 13.0. The number of rotatable bonds is 3. The Morgan fingerprint density at radius 3 is 2.39 bits per heavy atom. The van der Waals surface area contributed by atoms with Gasteiger partial charge in [-0.15, -0.1) is 23.1 Å². The minimum absolute atomic E-state index is 0.282. The predicted molar refractivity (Wildman–Crippen MR) is 79.0 cm³/mol. The van der Waals surface area contributed by atoms with Crippen LogP contribution < -0.4 is 0 Å². The first-order valence-electron chi connectivity index (χ1n) is 5.88. The number of hydrogen-bond donors (Lipinski definition) is 0. The molecule has 18 heavy (non-hydrogen) atoms. The zero-order valence-electron chi connectivity index (χ0n) is 11.4. The third-order valence-electron chi connectivity index (χ3n) is 3.37. The second kappa shape index (κ2) is 5.00. The minimum atomic E-state index is -0.295. The second-order valence-electron chi connectivity index (χ2n) is 5.21. The van der Waals surface area contributed by atoms with Gasteiger partial charge in [-0.25, -0.2) is 4.98 Å². The van der Waals surface area contributed by atoms with Crippen molar-refractivity contribution in [2.75, 3.05) is 6.26 Å². The van der Waals surface area contributed by atoms with Crippen molar-refractivity contribution in [1.82, 2.24) is 4.98 Å². The SMILES string of the molecule is CSc1cnc(/C=C/B2OC(C)(C)C(C)(C)O2)s1. The van der Waals surface area contributed by atoms with Crippen LogP contribution in [0.4, 0.5) is 0 Å². The molecule has 1 saturated heterocycles. The number of nitrogens with zero attached hydrogens (tertiary/aromatic N) is 1. The summed E-state index contributed by atoms with van der Waals surface area (Å²) >= 11 is 3.38. The van der Waals surface area contributed by atoms with E-state index in [4.69, 9.17) is 9.31 Å². The Hall–Kier alpha value is -0.295. The van der Waals surface area contributed by atoms with Gasteiger partial charge in [0, 0.05) is 0 Å². The van der Waals surface area contributed by atoms with Crippen LogP contribution in [0.5, 0.6) is 0 Å². The Morgan fingerprint density at radius 1 is 1.28 bits per heavy atom. The van der Waals surface area contributed by atoms with E-state index in [0.717, 1.165) is 5.01 Å². The van der Waals surface area contributed by atoms with Crippen LogP contribution in [0.3, 0.4) is 0 Å². The molecule has 3 nitrogen and oxygen atoms in total. The van der Waals surface area contributed by atoms with E-state index in [2.05, 4.69) is 38.9 Å². The molecule has 1 fully saturated rings. The van der Waals surface area contributed by atoms with Crippen LogP contribution in [0.25, 0.3) is 6.08 Å². The van der Waals surface area contributed by atoms with E-state index in [1.165, 1.54) is 4.21 Å². The fourth-order valence-electron chi connectivity index (χ4n) is 1.57. The molecule has 6 heteroatoms. The molecule has 1 aromatic heterocycles. The highest BCUT2D eigenvalue weighted by atomic mass is 32.2. The van der Waals surface area contributed by atoms with E-state index in [1.54, 1.807) is 23.1 Å². The summed E-state index contributed by atoms with van der Waals surface area (Å²) in [4.78, 5) is 4.32. The summed E-state index contributed by atoms with van der Waals surface area (Å²) in [5, 5.41) is 0.981. The van der Waals surface area contributed by atoms with Gasteiger partial charge in [0.05, 0.1) is 21.6 Å². The van der Waals surface area contributed by atoms with E-state index in [0.29, 0.717) is 0 Å². The van der Waals surface area contributed by atoms with Crippen LogP contribution >= 0.6 is 23.1 Å². The van der Waals surface area contributed by atoms with Crippen LogP contribution in [-0.2, 0) is 9.31 Å². The van der Waals surface area contributed by atoms with Crippen molar-refractivity contribution in [3.05, 3.63) is 17.2 Å². The maximum atomic E-state index is 5.88. The van der Waals surface area contributed by atoms with Crippen molar-refractivity contribution in [3.8, 4) is 0 Å². The lowest BCUT2D eigenvalue weighted by Gasteiger charge is -2.32. The molecule has 2 heterocycles. The average molecular weight is 283 g/mol. The Balaban J connectivity index is 2.03. The van der Waals surface area contributed by atoms with Gasteiger partial charge in [0.1, 0.15) is 5.01 Å². The molecule has 0 radical (unpaired) electrons. The molecule has 0 unspecified atom stereocenters. The molecule has 1 aromatic rings. The van der Waals surface area contributed by atoms with Gasteiger partial charge in [0.2, 0.25) is 0 Å². The van der Waals surface area contributed by atoms with Crippen LogP contribution in [0.2, 0.25) is 0 Å². The molecule has 0 amide bonds. The zero-order valence-corrected chi connectivity index (χ0v) is 13.0. The Bertz CT molecular complexity index is 441. The lowest BCUT2D eigenvalue weighted by Crippen LogP contribution is -2.41. The van der Waals surface area contributed by atoms with Gasteiger partial charge in [-0.1, -0.05) is 5.98 Å². The molecule has 1 aliphatic heterocycles. The number of thioether (sulfide) groups is 1. The molecule has 0 saturated carbocycles. The second-order valence-corrected chi connectivity index (χ2v) is 7.37. The molecule has 98 valence electrons. The molecule has 0 aliphatic carbocycles. The highest BCUT2D eigenvalue weighted by Gasteiger charge is 2.49. The zero-order chi connectivity index (χ0) is 13.4. The van der Waals surface area contributed by atoms with E-state index < -0.39 is 0 Å². The van der Waals surface area contributed by atoms with Crippen molar-refractivity contribution in [1.29, 1.82) is 0 Å². The topological polar surface area (TPSA) is 31.4 Å². The number of aromatic nitrogens is 1. The molecule has 0 bridgehead atoms. The van der Waals surface area contributed by atoms with E-state index in [9.17, 15) is 0 Å². The summed E-state index contributed by atoms with van der Waals surface area (Å²) in [7, 11) is -0.295. The van der Waals surface area contributed by atoms with E-state index >= 15 is 0 Å². The summed E-state index contributed by atoms with van der Waals surface area (Å²) in [6.45, 7) is 8.21. The van der Waals surface area contributed by atoms with Crippen molar-refractivity contribution < 1.29 is 9.31 Å².